The Morgan fingerprint density at radius 3 is 1.53 bits per heavy atom. The number of hydrogen-bond acceptors (Lipinski definition) is 5. The summed E-state index contributed by atoms with van der Waals surface area (Å²) in [4.78, 5) is 15.1. The van der Waals surface area contributed by atoms with Crippen molar-refractivity contribution in [3.63, 3.8) is 0 Å². The fraction of sp³-hybridized carbons (Fsp3) is 0. The maximum absolute atomic E-state index is 9.71. The van der Waals surface area contributed by atoms with E-state index >= 15 is 0 Å². The van der Waals surface area contributed by atoms with Crippen molar-refractivity contribution in [2.45, 2.75) is 0 Å². The van der Waals surface area contributed by atoms with Gasteiger partial charge in [-0.2, -0.15) is 5.26 Å². The first-order valence-electron chi connectivity index (χ1n) is 18.8. The lowest BCUT2D eigenvalue weighted by Crippen LogP contribution is -2.00. The van der Waals surface area contributed by atoms with Gasteiger partial charge in [-0.15, -0.1) is 0 Å². The van der Waals surface area contributed by atoms with E-state index in [1.54, 1.807) is 0 Å². The number of nitrogens with zero attached hydrogens (tertiary/aromatic N) is 4. The standard InChI is InChI=1S/C52H32N4O/c53-33-43-15-7-8-18-44(43)37-23-27-39(28-24-37)51-54-50(38-25-21-36(22-26-38)34-11-3-1-4-12-34)55-52(56-51)42-29-30-46-48(32-42)57-47-20-10-19-45(49(46)47)41-17-9-16-40(31-41)35-13-5-2-6-14-35/h1-32H. The fourth-order valence-electron chi connectivity index (χ4n) is 7.54. The average molecular weight is 729 g/mol. The van der Waals surface area contributed by atoms with Crippen LogP contribution in [0.4, 0.5) is 0 Å². The predicted molar refractivity (Wildman–Crippen MR) is 230 cm³/mol. The van der Waals surface area contributed by atoms with Crippen molar-refractivity contribution in [2.24, 2.45) is 0 Å². The lowest BCUT2D eigenvalue weighted by Gasteiger charge is -2.10. The van der Waals surface area contributed by atoms with E-state index in [1.807, 2.05) is 91.0 Å². The molecule has 5 heteroatoms. The summed E-state index contributed by atoms with van der Waals surface area (Å²) >= 11 is 0. The highest BCUT2D eigenvalue weighted by atomic mass is 16.3. The Balaban J connectivity index is 1.07. The fourth-order valence-corrected chi connectivity index (χ4v) is 7.54. The number of fused-ring (bicyclic) bond motifs is 3. The highest BCUT2D eigenvalue weighted by Crippen LogP contribution is 2.39. The number of furan rings is 1. The second kappa shape index (κ2) is 14.4. The first kappa shape index (κ1) is 33.6. The molecule has 0 aliphatic heterocycles. The third-order valence-electron chi connectivity index (χ3n) is 10.4. The molecule has 5 nitrogen and oxygen atoms in total. The molecular formula is C52H32N4O. The van der Waals surface area contributed by atoms with Gasteiger partial charge in [0.1, 0.15) is 11.2 Å². The minimum atomic E-state index is 0.541. The third kappa shape index (κ3) is 6.42. The molecule has 2 aromatic heterocycles. The number of hydrogen-bond donors (Lipinski definition) is 0. The number of rotatable bonds is 7. The Bertz CT molecular complexity index is 3110. The van der Waals surface area contributed by atoms with E-state index in [0.717, 1.165) is 77.6 Å². The maximum Gasteiger partial charge on any atom is 0.164 e. The molecule has 0 atom stereocenters. The largest absolute Gasteiger partial charge is 0.456 e. The zero-order valence-electron chi connectivity index (χ0n) is 30.7. The Labute approximate surface area is 329 Å². The first-order valence-corrected chi connectivity index (χ1v) is 18.8. The van der Waals surface area contributed by atoms with Gasteiger partial charge in [0.25, 0.3) is 0 Å². The molecule has 0 amide bonds. The molecule has 0 radical (unpaired) electrons. The van der Waals surface area contributed by atoms with E-state index in [9.17, 15) is 5.26 Å². The normalized spacial score (nSPS) is 11.1. The SMILES string of the molecule is N#Cc1ccccc1-c1ccc(-c2nc(-c3ccc(-c4ccccc4)cc3)nc(-c3ccc4c(c3)oc3cccc(-c5cccc(-c6ccccc6)c5)c34)n2)cc1. The number of benzene rings is 8. The van der Waals surface area contributed by atoms with Crippen LogP contribution >= 0.6 is 0 Å². The lowest BCUT2D eigenvalue weighted by atomic mass is 9.96. The zero-order chi connectivity index (χ0) is 38.1. The first-order chi connectivity index (χ1) is 28.2. The van der Waals surface area contributed by atoms with Crippen molar-refractivity contribution in [1.82, 2.24) is 15.0 Å². The van der Waals surface area contributed by atoms with Crippen molar-refractivity contribution >= 4 is 21.9 Å². The molecule has 0 aliphatic rings. The zero-order valence-corrected chi connectivity index (χ0v) is 30.7. The van der Waals surface area contributed by atoms with Crippen LogP contribution in [0, 0.1) is 11.3 Å². The van der Waals surface area contributed by atoms with E-state index in [0.29, 0.717) is 23.0 Å². The number of aromatic nitrogens is 3. The summed E-state index contributed by atoms with van der Waals surface area (Å²) in [6.07, 6.45) is 0. The molecule has 10 aromatic rings. The van der Waals surface area contributed by atoms with Gasteiger partial charge < -0.3 is 4.42 Å². The molecule has 0 N–H and O–H groups in total. The van der Waals surface area contributed by atoms with E-state index in [-0.39, 0.29) is 0 Å². The van der Waals surface area contributed by atoms with Crippen LogP contribution in [-0.2, 0) is 0 Å². The molecule has 10 rings (SSSR count). The van der Waals surface area contributed by atoms with E-state index < -0.39 is 0 Å². The van der Waals surface area contributed by atoms with Crippen LogP contribution in [0.2, 0.25) is 0 Å². The summed E-state index contributed by atoms with van der Waals surface area (Å²) in [5.74, 6) is 1.66. The van der Waals surface area contributed by atoms with E-state index in [4.69, 9.17) is 19.4 Å². The van der Waals surface area contributed by atoms with Crippen LogP contribution in [0.1, 0.15) is 5.56 Å². The van der Waals surface area contributed by atoms with Gasteiger partial charge in [-0.1, -0.05) is 164 Å². The monoisotopic (exact) mass is 728 g/mol. The van der Waals surface area contributed by atoms with Gasteiger partial charge in [0, 0.05) is 27.5 Å². The average Bonchev–Trinajstić information content (AvgIpc) is 3.68. The molecule has 0 bridgehead atoms. The van der Waals surface area contributed by atoms with Crippen LogP contribution in [0.25, 0.3) is 101 Å². The molecule has 0 aliphatic carbocycles. The molecule has 0 spiro atoms. The summed E-state index contributed by atoms with van der Waals surface area (Å²) < 4.78 is 6.56. The minimum Gasteiger partial charge on any atom is -0.456 e. The van der Waals surface area contributed by atoms with Gasteiger partial charge in [-0.3, -0.25) is 0 Å². The summed E-state index contributed by atoms with van der Waals surface area (Å²) in [5, 5.41) is 11.8. The Kier molecular flexibility index (Phi) is 8.48. The highest BCUT2D eigenvalue weighted by Gasteiger charge is 2.17. The van der Waals surface area contributed by atoms with Gasteiger partial charge in [0.15, 0.2) is 17.5 Å². The van der Waals surface area contributed by atoms with Crippen molar-refractivity contribution < 1.29 is 4.42 Å². The third-order valence-corrected chi connectivity index (χ3v) is 10.4. The van der Waals surface area contributed by atoms with Gasteiger partial charge in [-0.25, -0.2) is 15.0 Å². The summed E-state index contributed by atoms with van der Waals surface area (Å²) in [7, 11) is 0. The molecule has 266 valence electrons. The molecule has 0 unspecified atom stereocenters. The Morgan fingerprint density at radius 1 is 0.351 bits per heavy atom. The molecular weight excluding hydrogens is 697 g/mol. The van der Waals surface area contributed by atoms with Crippen LogP contribution < -0.4 is 0 Å². The van der Waals surface area contributed by atoms with Gasteiger partial charge in [0.2, 0.25) is 0 Å². The smallest absolute Gasteiger partial charge is 0.164 e. The Hall–Kier alpha value is -7.94. The molecule has 2 heterocycles. The van der Waals surface area contributed by atoms with Gasteiger partial charge >= 0.3 is 0 Å². The van der Waals surface area contributed by atoms with E-state index in [1.165, 1.54) is 5.56 Å². The molecule has 57 heavy (non-hydrogen) atoms. The highest BCUT2D eigenvalue weighted by molar-refractivity contribution is 6.13. The molecule has 0 fully saturated rings. The molecule has 8 aromatic carbocycles. The minimum absolute atomic E-state index is 0.541. The van der Waals surface area contributed by atoms with E-state index in [2.05, 4.69) is 109 Å². The number of nitriles is 1. The quantitative estimate of drug-likeness (QED) is 0.163. The van der Waals surface area contributed by atoms with Crippen molar-refractivity contribution in [3.8, 4) is 84.7 Å². The molecule has 0 saturated heterocycles. The van der Waals surface area contributed by atoms with Crippen molar-refractivity contribution in [3.05, 3.63) is 200 Å². The van der Waals surface area contributed by atoms with Crippen LogP contribution in [0.3, 0.4) is 0 Å². The predicted octanol–water partition coefficient (Wildman–Crippen LogP) is 13.3. The Morgan fingerprint density at radius 2 is 0.842 bits per heavy atom. The van der Waals surface area contributed by atoms with Crippen LogP contribution in [-0.4, -0.2) is 15.0 Å². The summed E-state index contributed by atoms with van der Waals surface area (Å²) in [5.41, 5.74) is 13.4. The summed E-state index contributed by atoms with van der Waals surface area (Å²) in [6.45, 7) is 0. The van der Waals surface area contributed by atoms with Gasteiger partial charge in [0.05, 0.1) is 11.6 Å². The van der Waals surface area contributed by atoms with Gasteiger partial charge in [-0.05, 0) is 74.8 Å². The second-order valence-corrected chi connectivity index (χ2v) is 13.9. The van der Waals surface area contributed by atoms with Crippen LogP contribution in [0.5, 0.6) is 0 Å². The maximum atomic E-state index is 9.71. The lowest BCUT2D eigenvalue weighted by molar-refractivity contribution is 0.669. The van der Waals surface area contributed by atoms with Crippen molar-refractivity contribution in [1.29, 1.82) is 5.26 Å². The molecule has 0 saturated carbocycles. The summed E-state index contributed by atoms with van der Waals surface area (Å²) in [6, 6.07) is 68.1. The second-order valence-electron chi connectivity index (χ2n) is 13.9. The van der Waals surface area contributed by atoms with Crippen LogP contribution in [0.15, 0.2) is 199 Å². The van der Waals surface area contributed by atoms with Crippen molar-refractivity contribution in [2.75, 3.05) is 0 Å². The topological polar surface area (TPSA) is 75.6 Å².